The van der Waals surface area contributed by atoms with Crippen molar-refractivity contribution in [2.45, 2.75) is 25.7 Å². The van der Waals surface area contributed by atoms with Gasteiger partial charge in [-0.2, -0.15) is 5.26 Å². The van der Waals surface area contributed by atoms with E-state index in [-0.39, 0.29) is 5.91 Å². The lowest BCUT2D eigenvalue weighted by Gasteiger charge is -2.25. The first-order valence-corrected chi connectivity index (χ1v) is 11.1. The molecular weight excluding hydrogens is 402 g/mol. The molecule has 3 aliphatic rings. The molecule has 3 heterocycles. The monoisotopic (exact) mass is 427 g/mol. The van der Waals surface area contributed by atoms with Gasteiger partial charge in [0.05, 0.1) is 22.9 Å². The van der Waals surface area contributed by atoms with E-state index in [1.54, 1.807) is 18.2 Å². The fourth-order valence-corrected chi connectivity index (χ4v) is 4.53. The Kier molecular flexibility index (Phi) is 5.61. The van der Waals surface area contributed by atoms with Gasteiger partial charge in [0.15, 0.2) is 0 Å². The summed E-state index contributed by atoms with van der Waals surface area (Å²) < 4.78 is 0. The van der Waals surface area contributed by atoms with Crippen LogP contribution in [0.2, 0.25) is 0 Å². The molecule has 0 saturated carbocycles. The van der Waals surface area contributed by atoms with E-state index in [2.05, 4.69) is 26.8 Å². The zero-order valence-electron chi connectivity index (χ0n) is 17.9. The Bertz CT molecular complexity index is 1160. The van der Waals surface area contributed by atoms with Crippen LogP contribution in [0.25, 0.3) is 5.57 Å². The van der Waals surface area contributed by atoms with Crippen molar-refractivity contribution >= 4 is 28.6 Å². The van der Waals surface area contributed by atoms with Gasteiger partial charge in [-0.1, -0.05) is 29.8 Å². The third kappa shape index (κ3) is 3.85. The zero-order valence-corrected chi connectivity index (χ0v) is 17.9. The topological polar surface area (TPSA) is 89.8 Å². The minimum Gasteiger partial charge on any atom is -0.395 e. The summed E-state index contributed by atoms with van der Waals surface area (Å²) in [4.78, 5) is 21.1. The lowest BCUT2D eigenvalue weighted by molar-refractivity contribution is -0.110. The Morgan fingerprint density at radius 3 is 2.69 bits per heavy atom. The summed E-state index contributed by atoms with van der Waals surface area (Å²) >= 11 is 0. The summed E-state index contributed by atoms with van der Waals surface area (Å²) in [7, 11) is 0. The number of hydrogen-bond donors (Lipinski definition) is 2. The Morgan fingerprint density at radius 2 is 1.84 bits per heavy atom. The van der Waals surface area contributed by atoms with Gasteiger partial charge in [-0.15, -0.1) is 0 Å². The highest BCUT2D eigenvalue weighted by Gasteiger charge is 2.34. The van der Waals surface area contributed by atoms with E-state index in [0.29, 0.717) is 40.4 Å². The zero-order chi connectivity index (χ0) is 21.9. The number of carbonyl (C=O) groups is 1. The number of piperidine rings is 1. The standard InChI is InChI=1S/C25H25N5O2/c26-16-17-9-10-21-19(15-17)22(25(31)28-21)24-23(18-7-2-3-8-20(18)27-24)29-32-14-6-13-30-11-4-1-5-12-30/h2-3,7-10,15,27H,1,4-6,11-14H2,(H,28,31)/b24-22-,29-23+. The number of anilines is 2. The number of nitriles is 1. The normalized spacial score (nSPS) is 21.0. The van der Waals surface area contributed by atoms with E-state index in [1.165, 1.54) is 32.4 Å². The largest absolute Gasteiger partial charge is 0.395 e. The molecule has 0 unspecified atom stereocenters. The molecule has 5 rings (SSSR count). The average molecular weight is 428 g/mol. The minimum absolute atomic E-state index is 0.219. The molecule has 32 heavy (non-hydrogen) atoms. The first-order valence-electron chi connectivity index (χ1n) is 11.1. The van der Waals surface area contributed by atoms with E-state index in [1.807, 2.05) is 24.3 Å². The van der Waals surface area contributed by atoms with Crippen LogP contribution >= 0.6 is 0 Å². The van der Waals surface area contributed by atoms with Gasteiger partial charge in [0.1, 0.15) is 12.3 Å². The second-order valence-corrected chi connectivity index (χ2v) is 8.28. The first-order chi connectivity index (χ1) is 15.7. The van der Waals surface area contributed by atoms with Crippen molar-refractivity contribution in [3.05, 3.63) is 64.9 Å². The van der Waals surface area contributed by atoms with Crippen LogP contribution in [0, 0.1) is 11.3 Å². The number of allylic oxidation sites excluding steroid dienone is 1. The second-order valence-electron chi connectivity index (χ2n) is 8.28. The van der Waals surface area contributed by atoms with Gasteiger partial charge in [0.2, 0.25) is 0 Å². The molecule has 7 heteroatoms. The third-order valence-corrected chi connectivity index (χ3v) is 6.14. The number of oxime groups is 1. The van der Waals surface area contributed by atoms with Crippen molar-refractivity contribution in [2.75, 3.05) is 36.9 Å². The molecule has 0 bridgehead atoms. The molecule has 2 aromatic carbocycles. The van der Waals surface area contributed by atoms with Crippen LogP contribution < -0.4 is 10.6 Å². The number of hydrogen-bond acceptors (Lipinski definition) is 6. The molecular formula is C25H25N5O2. The molecule has 162 valence electrons. The molecule has 0 atom stereocenters. The second kappa shape index (κ2) is 8.85. The summed E-state index contributed by atoms with van der Waals surface area (Å²) in [6.45, 7) is 3.87. The van der Waals surface area contributed by atoms with Gasteiger partial charge in [-0.3, -0.25) is 4.79 Å². The van der Waals surface area contributed by atoms with Crippen LogP contribution in [0.3, 0.4) is 0 Å². The van der Waals surface area contributed by atoms with E-state index < -0.39 is 0 Å². The van der Waals surface area contributed by atoms with Gasteiger partial charge in [-0.25, -0.2) is 0 Å². The number of fused-ring (bicyclic) bond motifs is 2. The summed E-state index contributed by atoms with van der Waals surface area (Å²) in [5.41, 5.74) is 5.35. The molecule has 1 fully saturated rings. The lowest BCUT2D eigenvalue weighted by Crippen LogP contribution is -2.31. The number of para-hydroxylation sites is 1. The van der Waals surface area contributed by atoms with E-state index in [0.717, 1.165) is 24.2 Å². The number of amides is 1. The molecule has 0 aliphatic carbocycles. The molecule has 2 N–H and O–H groups in total. The molecule has 0 spiro atoms. The fraction of sp³-hybridized carbons (Fsp3) is 0.320. The summed E-state index contributed by atoms with van der Waals surface area (Å²) in [6, 6.07) is 15.1. The van der Waals surface area contributed by atoms with Crippen LogP contribution in [0.15, 0.2) is 53.3 Å². The summed E-state index contributed by atoms with van der Waals surface area (Å²) in [5.74, 6) is -0.219. The highest BCUT2D eigenvalue weighted by molar-refractivity contribution is 6.39. The number of nitrogens with zero attached hydrogens (tertiary/aromatic N) is 3. The molecule has 1 saturated heterocycles. The summed E-state index contributed by atoms with van der Waals surface area (Å²) in [5, 5.41) is 20.0. The Morgan fingerprint density at radius 1 is 1.03 bits per heavy atom. The number of rotatable bonds is 5. The summed E-state index contributed by atoms with van der Waals surface area (Å²) in [6.07, 6.45) is 4.79. The van der Waals surface area contributed by atoms with E-state index >= 15 is 0 Å². The van der Waals surface area contributed by atoms with E-state index in [4.69, 9.17) is 4.84 Å². The molecule has 7 nitrogen and oxygen atoms in total. The Hall–Kier alpha value is -3.63. The molecule has 2 aromatic rings. The highest BCUT2D eigenvalue weighted by atomic mass is 16.6. The van der Waals surface area contributed by atoms with Gasteiger partial charge in [0.25, 0.3) is 5.91 Å². The fourth-order valence-electron chi connectivity index (χ4n) is 4.53. The lowest BCUT2D eigenvalue weighted by atomic mass is 10.00. The van der Waals surface area contributed by atoms with Crippen molar-refractivity contribution in [2.24, 2.45) is 5.16 Å². The average Bonchev–Trinajstić information content (AvgIpc) is 3.35. The van der Waals surface area contributed by atoms with Crippen LogP contribution in [0.4, 0.5) is 11.4 Å². The van der Waals surface area contributed by atoms with Gasteiger partial charge >= 0.3 is 0 Å². The maximum Gasteiger partial charge on any atom is 0.258 e. The predicted molar refractivity (Wildman–Crippen MR) is 124 cm³/mol. The van der Waals surface area contributed by atoms with Gasteiger partial charge in [0, 0.05) is 29.0 Å². The maximum absolute atomic E-state index is 12.9. The van der Waals surface area contributed by atoms with Crippen molar-refractivity contribution < 1.29 is 9.63 Å². The number of benzene rings is 2. The van der Waals surface area contributed by atoms with Crippen LogP contribution in [0.1, 0.15) is 42.4 Å². The van der Waals surface area contributed by atoms with Crippen LogP contribution in [0.5, 0.6) is 0 Å². The maximum atomic E-state index is 12.9. The predicted octanol–water partition coefficient (Wildman–Crippen LogP) is 3.94. The Balaban J connectivity index is 1.42. The van der Waals surface area contributed by atoms with E-state index in [9.17, 15) is 10.1 Å². The van der Waals surface area contributed by atoms with Crippen LogP contribution in [-0.4, -0.2) is 42.8 Å². The smallest absolute Gasteiger partial charge is 0.258 e. The van der Waals surface area contributed by atoms with Gasteiger partial charge < -0.3 is 20.4 Å². The third-order valence-electron chi connectivity index (χ3n) is 6.14. The quantitative estimate of drug-likeness (QED) is 0.429. The first kappa shape index (κ1) is 20.3. The number of carbonyl (C=O) groups excluding carboxylic acids is 1. The van der Waals surface area contributed by atoms with Crippen molar-refractivity contribution in [1.82, 2.24) is 4.90 Å². The highest BCUT2D eigenvalue weighted by Crippen LogP contribution is 2.39. The molecule has 0 radical (unpaired) electrons. The SMILES string of the molecule is N#Cc1ccc2c(c1)/C(=C1/Nc3ccccc3/C1=N\OCCCN1CCCCC1)C(=O)N2. The number of nitrogens with one attached hydrogen (secondary N) is 2. The number of likely N-dealkylation sites (tertiary alicyclic amines) is 1. The minimum atomic E-state index is -0.219. The Labute approximate surface area is 187 Å². The molecule has 1 amide bonds. The van der Waals surface area contributed by atoms with Gasteiger partial charge in [-0.05, 0) is 56.6 Å². The molecule has 0 aromatic heterocycles. The van der Waals surface area contributed by atoms with Crippen LogP contribution in [-0.2, 0) is 9.63 Å². The van der Waals surface area contributed by atoms with Crippen molar-refractivity contribution in [1.29, 1.82) is 5.26 Å². The molecule has 3 aliphatic heterocycles. The van der Waals surface area contributed by atoms with Crippen molar-refractivity contribution in [3.8, 4) is 6.07 Å². The van der Waals surface area contributed by atoms with Crippen molar-refractivity contribution in [3.63, 3.8) is 0 Å².